The van der Waals surface area contributed by atoms with E-state index in [1.54, 1.807) is 6.08 Å². The first kappa shape index (κ1) is 10.4. The molecule has 2 aliphatic carbocycles. The van der Waals surface area contributed by atoms with Crippen molar-refractivity contribution in [3.63, 3.8) is 0 Å². The quantitative estimate of drug-likeness (QED) is 0.662. The predicted molar refractivity (Wildman–Crippen MR) is 58.1 cm³/mol. The van der Waals surface area contributed by atoms with E-state index in [0.29, 0.717) is 12.8 Å². The maximum Gasteiger partial charge on any atom is 0.155 e. The maximum atomic E-state index is 11.2. The summed E-state index contributed by atoms with van der Waals surface area (Å²) in [6, 6.07) is 0. The van der Waals surface area contributed by atoms with Gasteiger partial charge in [0.05, 0.1) is 5.60 Å². The summed E-state index contributed by atoms with van der Waals surface area (Å²) in [5.41, 5.74) is -1.01. The van der Waals surface area contributed by atoms with E-state index in [4.69, 9.17) is 6.42 Å². The minimum absolute atomic E-state index is 0.163. The van der Waals surface area contributed by atoms with Crippen molar-refractivity contribution < 1.29 is 9.90 Å². The van der Waals surface area contributed by atoms with Crippen LogP contribution in [-0.2, 0) is 4.79 Å². The third-order valence-electron chi connectivity index (χ3n) is 3.94. The number of carbonyl (C=O) groups is 1. The van der Waals surface area contributed by atoms with Crippen LogP contribution in [0.5, 0.6) is 0 Å². The first-order chi connectivity index (χ1) is 7.12. The van der Waals surface area contributed by atoms with Crippen LogP contribution >= 0.6 is 0 Å². The van der Waals surface area contributed by atoms with E-state index < -0.39 is 5.60 Å². The monoisotopic (exact) mass is 204 g/mol. The Balaban J connectivity index is 2.31. The van der Waals surface area contributed by atoms with E-state index in [-0.39, 0.29) is 11.2 Å². The summed E-state index contributed by atoms with van der Waals surface area (Å²) in [6.07, 6.45) is 13.2. The highest BCUT2D eigenvalue weighted by molar-refractivity contribution is 5.90. The molecule has 2 atom stereocenters. The maximum absolute atomic E-state index is 11.2. The molecule has 0 aromatic heterocycles. The number of terminal acetylenes is 1. The highest BCUT2D eigenvalue weighted by Gasteiger charge is 2.52. The number of hydrogen-bond acceptors (Lipinski definition) is 2. The fourth-order valence-corrected chi connectivity index (χ4v) is 2.97. The van der Waals surface area contributed by atoms with Gasteiger partial charge < -0.3 is 5.11 Å². The number of ketones is 1. The van der Waals surface area contributed by atoms with Crippen LogP contribution in [0, 0.1) is 17.8 Å². The molecule has 0 radical (unpaired) electrons. The van der Waals surface area contributed by atoms with Crippen molar-refractivity contribution in [2.75, 3.05) is 0 Å². The van der Waals surface area contributed by atoms with Gasteiger partial charge in [0.2, 0.25) is 0 Å². The van der Waals surface area contributed by atoms with Crippen molar-refractivity contribution >= 4 is 5.78 Å². The lowest BCUT2D eigenvalue weighted by molar-refractivity contribution is -0.117. The largest absolute Gasteiger partial charge is 0.388 e. The van der Waals surface area contributed by atoms with Gasteiger partial charge in [0.1, 0.15) is 0 Å². The van der Waals surface area contributed by atoms with Gasteiger partial charge in [-0.05, 0) is 31.8 Å². The smallest absolute Gasteiger partial charge is 0.155 e. The van der Waals surface area contributed by atoms with E-state index in [0.717, 1.165) is 25.7 Å². The lowest BCUT2D eigenvalue weighted by Crippen LogP contribution is -2.44. The van der Waals surface area contributed by atoms with Gasteiger partial charge in [-0.25, -0.2) is 0 Å². The van der Waals surface area contributed by atoms with Crippen LogP contribution in [0.2, 0.25) is 0 Å². The Kier molecular flexibility index (Phi) is 2.44. The molecule has 1 spiro atoms. The summed E-state index contributed by atoms with van der Waals surface area (Å²) < 4.78 is 0. The summed E-state index contributed by atoms with van der Waals surface area (Å²) in [5, 5.41) is 10.5. The average molecular weight is 204 g/mol. The molecule has 0 heterocycles. The van der Waals surface area contributed by atoms with Crippen LogP contribution in [0.25, 0.3) is 0 Å². The van der Waals surface area contributed by atoms with Crippen molar-refractivity contribution in [2.45, 2.75) is 44.1 Å². The third-order valence-corrected chi connectivity index (χ3v) is 3.94. The van der Waals surface area contributed by atoms with Crippen molar-refractivity contribution in [2.24, 2.45) is 5.41 Å². The average Bonchev–Trinajstić information content (AvgIpc) is 2.50. The Morgan fingerprint density at radius 3 is 2.87 bits per heavy atom. The predicted octanol–water partition coefficient (Wildman–Crippen LogP) is 1.83. The molecule has 15 heavy (non-hydrogen) atoms. The van der Waals surface area contributed by atoms with E-state index >= 15 is 0 Å². The van der Waals surface area contributed by atoms with E-state index in [1.807, 2.05) is 6.08 Å². The van der Waals surface area contributed by atoms with Crippen LogP contribution in [-0.4, -0.2) is 16.5 Å². The Bertz CT molecular complexity index is 350. The molecule has 2 nitrogen and oxygen atoms in total. The van der Waals surface area contributed by atoms with Crippen molar-refractivity contribution in [1.82, 2.24) is 0 Å². The molecule has 80 valence electrons. The molecule has 0 aromatic rings. The van der Waals surface area contributed by atoms with Crippen LogP contribution in [0.1, 0.15) is 38.5 Å². The first-order valence-electron chi connectivity index (χ1n) is 5.50. The molecule has 2 heteroatoms. The molecule has 0 aliphatic heterocycles. The van der Waals surface area contributed by atoms with Gasteiger partial charge in [0.25, 0.3) is 0 Å². The molecule has 2 rings (SSSR count). The van der Waals surface area contributed by atoms with Crippen LogP contribution in [0.3, 0.4) is 0 Å². The summed E-state index contributed by atoms with van der Waals surface area (Å²) in [4.78, 5) is 11.2. The van der Waals surface area contributed by atoms with Gasteiger partial charge in [-0.2, -0.15) is 0 Å². The van der Waals surface area contributed by atoms with Gasteiger partial charge in [-0.15, -0.1) is 12.3 Å². The van der Waals surface area contributed by atoms with Gasteiger partial charge in [-0.3, -0.25) is 4.79 Å². The second-order valence-electron chi connectivity index (χ2n) is 4.72. The molecule has 2 aliphatic rings. The number of hydrogen-bond donors (Lipinski definition) is 1. The summed E-state index contributed by atoms with van der Waals surface area (Å²) in [5.74, 6) is 2.73. The molecule has 1 fully saturated rings. The Labute approximate surface area is 90.4 Å². The van der Waals surface area contributed by atoms with Crippen molar-refractivity contribution in [3.8, 4) is 12.3 Å². The highest BCUT2D eigenvalue weighted by atomic mass is 16.3. The molecule has 0 saturated heterocycles. The van der Waals surface area contributed by atoms with Crippen LogP contribution in [0.15, 0.2) is 12.2 Å². The van der Waals surface area contributed by atoms with Gasteiger partial charge in [0.15, 0.2) is 5.78 Å². The Morgan fingerprint density at radius 2 is 2.27 bits per heavy atom. The fraction of sp³-hybridized carbons (Fsp3) is 0.615. The van der Waals surface area contributed by atoms with Gasteiger partial charge in [-0.1, -0.05) is 6.08 Å². The zero-order chi connectivity index (χ0) is 10.9. The lowest BCUT2D eigenvalue weighted by Gasteiger charge is -2.41. The van der Waals surface area contributed by atoms with E-state index in [2.05, 4.69) is 5.92 Å². The topological polar surface area (TPSA) is 37.3 Å². The molecular weight excluding hydrogens is 188 g/mol. The Morgan fingerprint density at radius 1 is 1.47 bits per heavy atom. The lowest BCUT2D eigenvalue weighted by atomic mass is 9.67. The number of allylic oxidation sites excluding steroid dienone is 1. The molecule has 0 amide bonds. The zero-order valence-corrected chi connectivity index (χ0v) is 8.83. The molecule has 1 saturated carbocycles. The number of aliphatic hydroxyl groups is 1. The third kappa shape index (κ3) is 1.52. The number of rotatable bonds is 1. The van der Waals surface area contributed by atoms with Crippen LogP contribution in [0.4, 0.5) is 0 Å². The minimum atomic E-state index is -0.779. The van der Waals surface area contributed by atoms with Gasteiger partial charge in [0, 0.05) is 18.3 Å². The Hall–Kier alpha value is -1.07. The number of carbonyl (C=O) groups excluding carboxylic acids is 1. The van der Waals surface area contributed by atoms with Crippen LogP contribution < -0.4 is 0 Å². The second-order valence-corrected chi connectivity index (χ2v) is 4.72. The van der Waals surface area contributed by atoms with Crippen molar-refractivity contribution in [1.29, 1.82) is 0 Å². The first-order valence-corrected chi connectivity index (χ1v) is 5.50. The normalized spacial score (nSPS) is 39.6. The molecule has 1 N–H and O–H groups in total. The van der Waals surface area contributed by atoms with Crippen molar-refractivity contribution in [3.05, 3.63) is 12.2 Å². The molecule has 0 aromatic carbocycles. The summed E-state index contributed by atoms with van der Waals surface area (Å²) in [7, 11) is 0. The minimum Gasteiger partial charge on any atom is -0.388 e. The SMILES string of the molecule is C#CCC1(O)CCCC12C=CC(=O)CC2. The molecular formula is C13H16O2. The highest BCUT2D eigenvalue weighted by Crippen LogP contribution is 2.53. The summed E-state index contributed by atoms with van der Waals surface area (Å²) >= 11 is 0. The standard InChI is InChI=1S/C13H16O2/c1-2-6-13(15)8-3-7-12(13)9-4-11(14)5-10-12/h1,4,9,15H,3,5-8,10H2. The molecule has 0 bridgehead atoms. The zero-order valence-electron chi connectivity index (χ0n) is 8.83. The van der Waals surface area contributed by atoms with E-state index in [9.17, 15) is 9.90 Å². The molecule has 2 unspecified atom stereocenters. The second kappa shape index (κ2) is 3.50. The summed E-state index contributed by atoms with van der Waals surface area (Å²) in [6.45, 7) is 0. The van der Waals surface area contributed by atoms with Gasteiger partial charge >= 0.3 is 0 Å². The van der Waals surface area contributed by atoms with E-state index in [1.165, 1.54) is 0 Å². The fourth-order valence-electron chi connectivity index (χ4n) is 2.97.